The van der Waals surface area contributed by atoms with Crippen LogP contribution in [0, 0.1) is 0 Å². The van der Waals surface area contributed by atoms with Crippen molar-refractivity contribution in [1.82, 2.24) is 0 Å². The zero-order valence-corrected chi connectivity index (χ0v) is 10.7. The van der Waals surface area contributed by atoms with Crippen LogP contribution in [-0.2, 0) is 0 Å². The number of aliphatic hydroxyl groups is 6. The molecule has 18 heavy (non-hydrogen) atoms. The van der Waals surface area contributed by atoms with Gasteiger partial charge in [0.2, 0.25) is 0 Å². The molecule has 0 bridgehead atoms. The average molecular weight is 266 g/mol. The van der Waals surface area contributed by atoms with Gasteiger partial charge in [-0.1, -0.05) is 0 Å². The van der Waals surface area contributed by atoms with Crippen molar-refractivity contribution >= 4 is 0 Å². The fourth-order valence-corrected chi connectivity index (χ4v) is 1.97. The van der Waals surface area contributed by atoms with Gasteiger partial charge in [0.15, 0.2) is 0 Å². The average Bonchev–Trinajstić information content (AvgIpc) is 2.36. The van der Waals surface area contributed by atoms with E-state index in [9.17, 15) is 15.3 Å². The highest BCUT2D eigenvalue weighted by atomic mass is 16.4. The van der Waals surface area contributed by atoms with Crippen molar-refractivity contribution in [3.63, 3.8) is 0 Å². The van der Waals surface area contributed by atoms with Crippen LogP contribution in [0.25, 0.3) is 0 Å². The summed E-state index contributed by atoms with van der Waals surface area (Å²) in [6.07, 6.45) is -0.724. The quantitative estimate of drug-likeness (QED) is 0.260. The molecule has 0 radical (unpaired) electrons. The van der Waals surface area contributed by atoms with Crippen molar-refractivity contribution in [2.75, 3.05) is 19.8 Å². The lowest BCUT2D eigenvalue weighted by atomic mass is 9.82. The minimum atomic E-state index is -1.76. The summed E-state index contributed by atoms with van der Waals surface area (Å²) in [5, 5.41) is 56.3. The summed E-state index contributed by atoms with van der Waals surface area (Å²) >= 11 is 0. The lowest BCUT2D eigenvalue weighted by Gasteiger charge is -2.37. The zero-order valence-electron chi connectivity index (χ0n) is 10.7. The van der Waals surface area contributed by atoms with Gasteiger partial charge in [-0.25, -0.2) is 0 Å². The first-order chi connectivity index (χ1) is 8.52. The molecular weight excluding hydrogens is 240 g/mol. The summed E-state index contributed by atoms with van der Waals surface area (Å²) < 4.78 is 0. The molecule has 0 saturated heterocycles. The summed E-state index contributed by atoms with van der Waals surface area (Å²) in [6, 6.07) is 0. The monoisotopic (exact) mass is 266 g/mol. The molecule has 0 aromatic heterocycles. The largest absolute Gasteiger partial charge is 0.396 e. The van der Waals surface area contributed by atoms with E-state index in [1.165, 1.54) is 0 Å². The topological polar surface area (TPSA) is 121 Å². The second-order valence-corrected chi connectivity index (χ2v) is 4.58. The van der Waals surface area contributed by atoms with Crippen molar-refractivity contribution in [2.45, 2.75) is 56.3 Å². The number of rotatable bonds is 11. The van der Waals surface area contributed by atoms with Gasteiger partial charge in [-0.05, 0) is 32.1 Å². The highest BCUT2D eigenvalue weighted by Gasteiger charge is 2.41. The second kappa shape index (κ2) is 9.66. The number of hydrogen-bond acceptors (Lipinski definition) is 6. The molecule has 3 atom stereocenters. The molecule has 0 amide bonds. The maximum Gasteiger partial charge on any atom is 0.118 e. The van der Waals surface area contributed by atoms with Crippen molar-refractivity contribution in [3.8, 4) is 0 Å². The van der Waals surface area contributed by atoms with Crippen molar-refractivity contribution in [2.24, 2.45) is 0 Å². The summed E-state index contributed by atoms with van der Waals surface area (Å²) in [7, 11) is 0. The van der Waals surface area contributed by atoms with Gasteiger partial charge in [-0.3, -0.25) is 0 Å². The van der Waals surface area contributed by atoms with Crippen LogP contribution >= 0.6 is 0 Å². The molecule has 0 aromatic rings. The Balaban J connectivity index is 4.45. The summed E-state index contributed by atoms with van der Waals surface area (Å²) in [5.74, 6) is 0. The van der Waals surface area contributed by atoms with Crippen LogP contribution < -0.4 is 0 Å². The minimum absolute atomic E-state index is 0.0121. The number of unbranched alkanes of at least 4 members (excludes halogenated alkanes) is 1. The minimum Gasteiger partial charge on any atom is -0.396 e. The third-order valence-corrected chi connectivity index (χ3v) is 3.19. The molecule has 6 N–H and O–H groups in total. The van der Waals surface area contributed by atoms with E-state index in [4.69, 9.17) is 15.3 Å². The fraction of sp³-hybridized carbons (Fsp3) is 1.00. The predicted molar refractivity (Wildman–Crippen MR) is 65.9 cm³/mol. The van der Waals surface area contributed by atoms with E-state index >= 15 is 0 Å². The van der Waals surface area contributed by atoms with Crippen molar-refractivity contribution in [1.29, 1.82) is 0 Å². The molecule has 0 aliphatic heterocycles. The molecule has 0 rings (SSSR count). The van der Waals surface area contributed by atoms with E-state index in [-0.39, 0.29) is 39.1 Å². The Labute approximate surface area is 108 Å². The number of aliphatic hydroxyl groups excluding tert-OH is 5. The van der Waals surface area contributed by atoms with E-state index in [0.717, 1.165) is 0 Å². The van der Waals surface area contributed by atoms with E-state index in [1.807, 2.05) is 0 Å². The summed E-state index contributed by atoms with van der Waals surface area (Å²) in [6.45, 7) is -0.436. The standard InChI is InChI=1S/C12H26O6/c13-7-2-1-4-10(16)12(18,6-9-15)11(17)5-3-8-14/h10-11,13-18H,1-9H2. The van der Waals surface area contributed by atoms with Crippen LogP contribution in [0.3, 0.4) is 0 Å². The molecule has 0 spiro atoms. The van der Waals surface area contributed by atoms with E-state index in [0.29, 0.717) is 19.3 Å². The molecular formula is C12H26O6. The SMILES string of the molecule is OCCCCC(O)C(O)(CCO)C(O)CCCO. The Hall–Kier alpha value is -0.240. The third-order valence-electron chi connectivity index (χ3n) is 3.19. The van der Waals surface area contributed by atoms with Gasteiger partial charge >= 0.3 is 0 Å². The highest BCUT2D eigenvalue weighted by molar-refractivity contribution is 4.92. The van der Waals surface area contributed by atoms with Gasteiger partial charge in [0.25, 0.3) is 0 Å². The van der Waals surface area contributed by atoms with Gasteiger partial charge in [0.05, 0.1) is 12.2 Å². The normalized spacial score (nSPS) is 18.3. The Bertz CT molecular complexity index is 201. The molecule has 0 aliphatic carbocycles. The molecule has 3 unspecified atom stereocenters. The highest BCUT2D eigenvalue weighted by Crippen LogP contribution is 2.26. The van der Waals surface area contributed by atoms with Crippen molar-refractivity contribution in [3.05, 3.63) is 0 Å². The van der Waals surface area contributed by atoms with Gasteiger partial charge in [-0.2, -0.15) is 0 Å². The predicted octanol–water partition coefficient (Wildman–Crippen LogP) is -1.24. The molecule has 0 heterocycles. The molecule has 6 nitrogen and oxygen atoms in total. The first-order valence-corrected chi connectivity index (χ1v) is 6.44. The van der Waals surface area contributed by atoms with E-state index < -0.39 is 17.8 Å². The van der Waals surface area contributed by atoms with Gasteiger partial charge in [-0.15, -0.1) is 0 Å². The third kappa shape index (κ3) is 5.60. The molecule has 0 aromatic carbocycles. The van der Waals surface area contributed by atoms with Crippen LogP contribution in [0.4, 0.5) is 0 Å². The molecule has 6 heteroatoms. The van der Waals surface area contributed by atoms with Crippen LogP contribution in [0.2, 0.25) is 0 Å². The smallest absolute Gasteiger partial charge is 0.118 e. The van der Waals surface area contributed by atoms with E-state index in [2.05, 4.69) is 0 Å². The Morgan fingerprint density at radius 2 is 1.22 bits per heavy atom. The maximum atomic E-state index is 10.3. The zero-order chi connectivity index (χ0) is 14.0. The van der Waals surface area contributed by atoms with Crippen LogP contribution in [-0.4, -0.2) is 68.3 Å². The molecule has 110 valence electrons. The summed E-state index contributed by atoms with van der Waals surface area (Å²) in [5.41, 5.74) is -1.76. The fourth-order valence-electron chi connectivity index (χ4n) is 1.97. The van der Waals surface area contributed by atoms with Gasteiger partial charge in [0, 0.05) is 26.2 Å². The Kier molecular flexibility index (Phi) is 9.53. The molecule has 0 aliphatic rings. The van der Waals surface area contributed by atoms with Crippen LogP contribution in [0.5, 0.6) is 0 Å². The Morgan fingerprint density at radius 3 is 1.67 bits per heavy atom. The summed E-state index contributed by atoms with van der Waals surface area (Å²) in [4.78, 5) is 0. The first kappa shape index (κ1) is 17.8. The lowest BCUT2D eigenvalue weighted by molar-refractivity contribution is -0.159. The molecule has 0 fully saturated rings. The maximum absolute atomic E-state index is 10.3. The first-order valence-electron chi connectivity index (χ1n) is 6.44. The lowest BCUT2D eigenvalue weighted by Crippen LogP contribution is -2.53. The van der Waals surface area contributed by atoms with Gasteiger partial charge in [0.1, 0.15) is 5.60 Å². The Morgan fingerprint density at radius 1 is 0.722 bits per heavy atom. The number of hydrogen-bond donors (Lipinski definition) is 6. The van der Waals surface area contributed by atoms with Crippen LogP contribution in [0.15, 0.2) is 0 Å². The van der Waals surface area contributed by atoms with E-state index in [1.54, 1.807) is 0 Å². The van der Waals surface area contributed by atoms with Crippen LogP contribution in [0.1, 0.15) is 38.5 Å². The van der Waals surface area contributed by atoms with Crippen molar-refractivity contribution < 1.29 is 30.6 Å². The van der Waals surface area contributed by atoms with Gasteiger partial charge < -0.3 is 30.6 Å². The second-order valence-electron chi connectivity index (χ2n) is 4.58. The molecule has 0 saturated carbocycles.